The molecule has 0 spiro atoms. The molecule has 1 aliphatic rings. The highest BCUT2D eigenvalue weighted by Gasteiger charge is 2.36. The molecule has 0 radical (unpaired) electrons. The Morgan fingerprint density at radius 2 is 1.66 bits per heavy atom. The topological polar surface area (TPSA) is 114 Å². The van der Waals surface area contributed by atoms with Crippen molar-refractivity contribution in [3.63, 3.8) is 0 Å². The second-order valence-corrected chi connectivity index (χ2v) is 10.8. The van der Waals surface area contributed by atoms with Gasteiger partial charge in [0.2, 0.25) is 5.91 Å². The number of rotatable bonds is 11. The minimum absolute atomic E-state index is 0.181. The van der Waals surface area contributed by atoms with E-state index < -0.39 is 23.6 Å². The number of nitrogens with zero attached hydrogens (tertiary/aromatic N) is 1. The lowest BCUT2D eigenvalue weighted by Crippen LogP contribution is -2.36. The van der Waals surface area contributed by atoms with E-state index in [1.165, 1.54) is 11.8 Å². The molecule has 0 saturated carbocycles. The maximum Gasteiger partial charge on any atom is 0.294 e. The number of hydrogen-bond donors (Lipinski definition) is 2. The summed E-state index contributed by atoms with van der Waals surface area (Å²) >= 11 is 2.30. The molecule has 1 saturated heterocycles. The fraction of sp³-hybridized carbons (Fsp3) is 0.200. The maximum atomic E-state index is 13.0. The monoisotopic (exact) mass is 591 g/mol. The van der Waals surface area contributed by atoms with Crippen LogP contribution in [-0.4, -0.2) is 53.9 Å². The molecular weight excluding hydrogens is 562 g/mol. The summed E-state index contributed by atoms with van der Waals surface area (Å²) in [4.78, 5) is 52.5. The Kier molecular flexibility index (Phi) is 10.1. The Morgan fingerprint density at radius 1 is 0.927 bits per heavy atom. The van der Waals surface area contributed by atoms with Crippen molar-refractivity contribution in [1.82, 2.24) is 4.90 Å². The second-order valence-electron chi connectivity index (χ2n) is 8.89. The summed E-state index contributed by atoms with van der Waals surface area (Å²) in [5.41, 5.74) is 2.88. The third-order valence-corrected chi connectivity index (χ3v) is 7.39. The molecule has 0 atom stereocenters. The van der Waals surface area contributed by atoms with E-state index in [0.29, 0.717) is 35.0 Å². The summed E-state index contributed by atoms with van der Waals surface area (Å²) < 4.78 is 11.4. The Bertz CT molecular complexity index is 1510. The number of imide groups is 1. The van der Waals surface area contributed by atoms with Crippen LogP contribution in [0.4, 0.5) is 16.2 Å². The molecule has 4 amide bonds. The Labute approximate surface area is 246 Å². The molecule has 3 aromatic rings. The van der Waals surface area contributed by atoms with E-state index in [9.17, 15) is 19.2 Å². The molecule has 3 aromatic carbocycles. The smallest absolute Gasteiger partial charge is 0.294 e. The highest BCUT2D eigenvalue weighted by atomic mass is 32.2. The minimum atomic E-state index is -0.556. The summed E-state index contributed by atoms with van der Waals surface area (Å²) in [6.07, 6.45) is 3.49. The summed E-state index contributed by atoms with van der Waals surface area (Å²) in [5.74, 6) is -0.608. The van der Waals surface area contributed by atoms with Crippen LogP contribution in [0.25, 0.3) is 6.08 Å². The van der Waals surface area contributed by atoms with Crippen molar-refractivity contribution in [2.24, 2.45) is 0 Å². The predicted octanol–water partition coefficient (Wildman–Crippen LogP) is 5.81. The molecule has 0 unspecified atom stereocenters. The standard InChI is InChI=1S/C30H29N3O6S2/c1-4-38-25-14-20(11-12-24(25)39-18-28(35)32-21-8-5-7-19(2)13-21)15-26-29(36)33(30(37)41-26)17-27(34)31-22-9-6-10-23(16-22)40-3/h5-16H,4,17-18H2,1-3H3,(H,31,34)(H,32,35)/b26-15+. The lowest BCUT2D eigenvalue weighted by atomic mass is 10.2. The van der Waals surface area contributed by atoms with Crippen LogP contribution in [0.1, 0.15) is 18.1 Å². The van der Waals surface area contributed by atoms with Crippen molar-refractivity contribution in [3.05, 3.63) is 82.8 Å². The summed E-state index contributed by atoms with van der Waals surface area (Å²) in [7, 11) is 0. The van der Waals surface area contributed by atoms with Crippen LogP contribution < -0.4 is 20.1 Å². The third-order valence-electron chi connectivity index (χ3n) is 5.75. The van der Waals surface area contributed by atoms with Crippen LogP contribution in [0.3, 0.4) is 0 Å². The highest BCUT2D eigenvalue weighted by molar-refractivity contribution is 8.18. The lowest BCUT2D eigenvalue weighted by Gasteiger charge is -2.13. The number of amides is 4. The maximum absolute atomic E-state index is 13.0. The summed E-state index contributed by atoms with van der Waals surface area (Å²) in [6, 6.07) is 19.7. The first-order chi connectivity index (χ1) is 19.7. The van der Waals surface area contributed by atoms with Gasteiger partial charge in [0, 0.05) is 16.3 Å². The zero-order valence-corrected chi connectivity index (χ0v) is 24.4. The van der Waals surface area contributed by atoms with Crippen molar-refractivity contribution in [2.45, 2.75) is 18.7 Å². The van der Waals surface area contributed by atoms with E-state index in [2.05, 4.69) is 10.6 Å². The molecule has 11 heteroatoms. The first-order valence-electron chi connectivity index (χ1n) is 12.7. The van der Waals surface area contributed by atoms with Gasteiger partial charge in [0.05, 0.1) is 11.5 Å². The number of anilines is 2. The largest absolute Gasteiger partial charge is 0.490 e. The fourth-order valence-corrected chi connectivity index (χ4v) is 5.20. The number of carbonyl (C=O) groups is 4. The average molecular weight is 592 g/mol. The lowest BCUT2D eigenvalue weighted by molar-refractivity contribution is -0.127. The van der Waals surface area contributed by atoms with Crippen LogP contribution in [0.2, 0.25) is 0 Å². The summed E-state index contributed by atoms with van der Waals surface area (Å²) in [6.45, 7) is 3.48. The van der Waals surface area contributed by atoms with E-state index in [4.69, 9.17) is 9.47 Å². The molecule has 1 aliphatic heterocycles. The van der Waals surface area contributed by atoms with E-state index in [-0.39, 0.29) is 17.4 Å². The van der Waals surface area contributed by atoms with Gasteiger partial charge in [0.25, 0.3) is 17.1 Å². The number of benzene rings is 3. The molecule has 0 bridgehead atoms. The van der Waals surface area contributed by atoms with Gasteiger partial charge in [-0.15, -0.1) is 11.8 Å². The average Bonchev–Trinajstić information content (AvgIpc) is 3.20. The van der Waals surface area contributed by atoms with Gasteiger partial charge in [-0.3, -0.25) is 24.1 Å². The van der Waals surface area contributed by atoms with Gasteiger partial charge in [0.15, 0.2) is 18.1 Å². The molecule has 0 aliphatic carbocycles. The van der Waals surface area contributed by atoms with Gasteiger partial charge in [0.1, 0.15) is 6.54 Å². The predicted molar refractivity (Wildman–Crippen MR) is 162 cm³/mol. The third kappa shape index (κ3) is 8.15. The SMILES string of the molecule is CCOc1cc(/C=C2/SC(=O)N(CC(=O)Nc3cccc(SC)c3)C2=O)ccc1OCC(=O)Nc1cccc(C)c1. The van der Waals surface area contributed by atoms with Crippen molar-refractivity contribution >= 4 is 63.9 Å². The first kappa shape index (κ1) is 29.8. The van der Waals surface area contributed by atoms with Crippen molar-refractivity contribution in [2.75, 3.05) is 36.6 Å². The Balaban J connectivity index is 1.40. The fourth-order valence-electron chi connectivity index (χ4n) is 3.90. The van der Waals surface area contributed by atoms with Gasteiger partial charge < -0.3 is 20.1 Å². The number of aryl methyl sites for hydroxylation is 1. The Morgan fingerprint density at radius 3 is 2.39 bits per heavy atom. The zero-order chi connectivity index (χ0) is 29.4. The van der Waals surface area contributed by atoms with Crippen molar-refractivity contribution in [1.29, 1.82) is 0 Å². The van der Waals surface area contributed by atoms with E-state index in [1.807, 2.05) is 56.5 Å². The molecule has 4 rings (SSSR count). The number of thioether (sulfide) groups is 2. The first-order valence-corrected chi connectivity index (χ1v) is 14.7. The molecule has 9 nitrogen and oxygen atoms in total. The molecule has 1 fully saturated rings. The number of ether oxygens (including phenoxy) is 2. The molecule has 212 valence electrons. The normalized spacial score (nSPS) is 13.8. The van der Waals surface area contributed by atoms with Crippen molar-refractivity contribution in [3.8, 4) is 11.5 Å². The second kappa shape index (κ2) is 13.9. The highest BCUT2D eigenvalue weighted by Crippen LogP contribution is 2.35. The summed E-state index contributed by atoms with van der Waals surface area (Å²) in [5, 5.41) is 4.99. The van der Waals surface area contributed by atoms with Crippen LogP contribution in [-0.2, 0) is 14.4 Å². The quantitative estimate of drug-likeness (QED) is 0.212. The van der Waals surface area contributed by atoms with Crippen LogP contribution >= 0.6 is 23.5 Å². The molecule has 0 aromatic heterocycles. The van der Waals surface area contributed by atoms with Crippen LogP contribution in [0, 0.1) is 6.92 Å². The van der Waals surface area contributed by atoms with Gasteiger partial charge >= 0.3 is 0 Å². The van der Waals surface area contributed by atoms with E-state index in [0.717, 1.165) is 27.1 Å². The van der Waals surface area contributed by atoms with Gasteiger partial charge in [-0.25, -0.2) is 0 Å². The van der Waals surface area contributed by atoms with Gasteiger partial charge in [-0.05, 0) is 91.5 Å². The molecule has 2 N–H and O–H groups in total. The molecular formula is C30H29N3O6S2. The number of carbonyl (C=O) groups excluding carboxylic acids is 4. The molecule has 41 heavy (non-hydrogen) atoms. The molecule has 1 heterocycles. The number of nitrogens with one attached hydrogen (secondary N) is 2. The van der Waals surface area contributed by atoms with Crippen LogP contribution in [0.5, 0.6) is 11.5 Å². The minimum Gasteiger partial charge on any atom is -0.490 e. The number of hydrogen-bond acceptors (Lipinski definition) is 8. The van der Waals surface area contributed by atoms with Crippen molar-refractivity contribution < 1.29 is 28.7 Å². The van der Waals surface area contributed by atoms with Gasteiger partial charge in [-0.1, -0.05) is 24.3 Å². The van der Waals surface area contributed by atoms with Gasteiger partial charge in [-0.2, -0.15) is 0 Å². The van der Waals surface area contributed by atoms with E-state index in [1.54, 1.807) is 36.4 Å². The van der Waals surface area contributed by atoms with Crippen LogP contribution in [0.15, 0.2) is 76.5 Å². The van der Waals surface area contributed by atoms with E-state index >= 15 is 0 Å². The Hall–Kier alpha value is -4.22. The zero-order valence-electron chi connectivity index (χ0n) is 22.8.